The van der Waals surface area contributed by atoms with Crippen molar-refractivity contribution < 1.29 is 13.6 Å². The van der Waals surface area contributed by atoms with E-state index >= 15 is 0 Å². The van der Waals surface area contributed by atoms with E-state index in [1.807, 2.05) is 0 Å². The fraction of sp³-hybridized carbons (Fsp3) is 0.188. The monoisotopic (exact) mass is 290 g/mol. The highest BCUT2D eigenvalue weighted by atomic mass is 19.1. The summed E-state index contributed by atoms with van der Waals surface area (Å²) < 4.78 is 26.0. The zero-order chi connectivity index (χ0) is 15.4. The second-order valence-electron chi connectivity index (χ2n) is 4.88. The predicted molar refractivity (Wildman–Crippen MR) is 78.0 cm³/mol. The molecule has 3 nitrogen and oxygen atoms in total. The molecule has 0 aliphatic carbocycles. The molecule has 0 fully saturated rings. The summed E-state index contributed by atoms with van der Waals surface area (Å²) in [7, 11) is 1.63. The lowest BCUT2D eigenvalue weighted by atomic mass is 10.2. The zero-order valence-corrected chi connectivity index (χ0v) is 11.9. The quantitative estimate of drug-likeness (QED) is 0.912. The molecule has 21 heavy (non-hydrogen) atoms. The van der Waals surface area contributed by atoms with Crippen molar-refractivity contribution >= 4 is 11.7 Å². The van der Waals surface area contributed by atoms with Crippen molar-refractivity contribution in [2.45, 2.75) is 13.5 Å². The lowest BCUT2D eigenvalue weighted by Crippen LogP contribution is -2.30. The maximum Gasteiger partial charge on any atom is 0.321 e. The number of rotatable bonds is 3. The first-order valence-corrected chi connectivity index (χ1v) is 6.48. The third kappa shape index (κ3) is 4.02. The highest BCUT2D eigenvalue weighted by molar-refractivity contribution is 5.89. The number of aryl methyl sites for hydroxylation is 1. The van der Waals surface area contributed by atoms with Gasteiger partial charge in [-0.3, -0.25) is 0 Å². The number of benzene rings is 2. The lowest BCUT2D eigenvalue weighted by molar-refractivity contribution is 0.220. The maximum atomic E-state index is 13.2. The van der Waals surface area contributed by atoms with Crippen LogP contribution < -0.4 is 5.32 Å². The van der Waals surface area contributed by atoms with Gasteiger partial charge in [0.15, 0.2) is 0 Å². The van der Waals surface area contributed by atoms with E-state index < -0.39 is 0 Å². The molecule has 5 heteroatoms. The standard InChI is InChI=1S/C16H16F2N2O/c1-11-9-14(7-8-15(11)18)19-16(21)20(2)10-12-3-5-13(17)6-4-12/h3-9H,10H2,1-2H3,(H,19,21). The molecule has 0 aliphatic heterocycles. The number of carbonyl (C=O) groups is 1. The van der Waals surface area contributed by atoms with Crippen LogP contribution in [-0.2, 0) is 6.54 Å². The SMILES string of the molecule is Cc1cc(NC(=O)N(C)Cc2ccc(F)cc2)ccc1F. The van der Waals surface area contributed by atoms with Gasteiger partial charge in [0, 0.05) is 19.3 Å². The molecule has 2 aromatic carbocycles. The second kappa shape index (κ2) is 6.35. The van der Waals surface area contributed by atoms with Crippen LogP contribution in [0.25, 0.3) is 0 Å². The van der Waals surface area contributed by atoms with Gasteiger partial charge in [-0.1, -0.05) is 12.1 Å². The molecule has 0 aromatic heterocycles. The number of anilines is 1. The highest BCUT2D eigenvalue weighted by Crippen LogP contribution is 2.14. The van der Waals surface area contributed by atoms with Crippen molar-refractivity contribution in [3.63, 3.8) is 0 Å². The Balaban J connectivity index is 1.98. The van der Waals surface area contributed by atoms with Crippen molar-refractivity contribution in [2.75, 3.05) is 12.4 Å². The Bertz CT molecular complexity index is 641. The molecule has 2 aromatic rings. The Morgan fingerprint density at radius 3 is 2.43 bits per heavy atom. The van der Waals surface area contributed by atoms with Crippen LogP contribution in [0.1, 0.15) is 11.1 Å². The molecular weight excluding hydrogens is 274 g/mol. The summed E-state index contributed by atoms with van der Waals surface area (Å²) in [5.41, 5.74) is 1.82. The topological polar surface area (TPSA) is 32.3 Å². The van der Waals surface area contributed by atoms with Crippen molar-refractivity contribution in [3.05, 3.63) is 65.2 Å². The molecule has 0 unspecified atom stereocenters. The number of carbonyl (C=O) groups excluding carboxylic acids is 1. The number of urea groups is 1. The number of halogens is 2. The van der Waals surface area contributed by atoms with Gasteiger partial charge in [0.05, 0.1) is 0 Å². The van der Waals surface area contributed by atoms with Gasteiger partial charge in [0.1, 0.15) is 11.6 Å². The molecule has 0 bridgehead atoms. The lowest BCUT2D eigenvalue weighted by Gasteiger charge is -2.18. The third-order valence-electron chi connectivity index (χ3n) is 3.09. The Labute approximate surface area is 122 Å². The van der Waals surface area contributed by atoms with E-state index in [0.29, 0.717) is 17.8 Å². The average molecular weight is 290 g/mol. The summed E-state index contributed by atoms with van der Waals surface area (Å²) in [6.45, 7) is 1.99. The van der Waals surface area contributed by atoms with Crippen LogP contribution in [0.3, 0.4) is 0 Å². The van der Waals surface area contributed by atoms with Crippen molar-refractivity contribution in [3.8, 4) is 0 Å². The van der Waals surface area contributed by atoms with Gasteiger partial charge in [-0.15, -0.1) is 0 Å². The van der Waals surface area contributed by atoms with E-state index in [1.165, 1.54) is 29.2 Å². The van der Waals surface area contributed by atoms with Crippen LogP contribution in [0, 0.1) is 18.6 Å². The first-order valence-electron chi connectivity index (χ1n) is 6.48. The molecule has 0 atom stereocenters. The van der Waals surface area contributed by atoms with Crippen molar-refractivity contribution in [1.29, 1.82) is 0 Å². The highest BCUT2D eigenvalue weighted by Gasteiger charge is 2.10. The Morgan fingerprint density at radius 1 is 1.14 bits per heavy atom. The Kier molecular flexibility index (Phi) is 4.52. The van der Waals surface area contributed by atoms with Gasteiger partial charge in [0.25, 0.3) is 0 Å². The van der Waals surface area contributed by atoms with Crippen LogP contribution in [0.15, 0.2) is 42.5 Å². The van der Waals surface area contributed by atoms with E-state index in [1.54, 1.807) is 32.2 Å². The van der Waals surface area contributed by atoms with E-state index in [0.717, 1.165) is 5.56 Å². The molecular formula is C16H16F2N2O. The fourth-order valence-corrected chi connectivity index (χ4v) is 1.88. The molecule has 1 N–H and O–H groups in total. The molecule has 0 aliphatic rings. The molecule has 0 radical (unpaired) electrons. The number of hydrogen-bond acceptors (Lipinski definition) is 1. The molecule has 2 rings (SSSR count). The van der Waals surface area contributed by atoms with Crippen LogP contribution in [-0.4, -0.2) is 18.0 Å². The molecule has 0 spiro atoms. The van der Waals surface area contributed by atoms with Crippen molar-refractivity contribution in [2.24, 2.45) is 0 Å². The summed E-state index contributed by atoms with van der Waals surface area (Å²) in [4.78, 5) is 13.5. The van der Waals surface area contributed by atoms with Gasteiger partial charge >= 0.3 is 6.03 Å². The Hall–Kier alpha value is -2.43. The van der Waals surface area contributed by atoms with Crippen LogP contribution >= 0.6 is 0 Å². The summed E-state index contributed by atoms with van der Waals surface area (Å²) in [5.74, 6) is -0.625. The molecule has 0 heterocycles. The first-order chi connectivity index (χ1) is 9.95. The van der Waals surface area contributed by atoms with Crippen LogP contribution in [0.5, 0.6) is 0 Å². The summed E-state index contributed by atoms with van der Waals surface area (Å²) in [6.07, 6.45) is 0. The minimum atomic E-state index is -0.315. The minimum Gasteiger partial charge on any atom is -0.323 e. The number of amides is 2. The Morgan fingerprint density at radius 2 is 1.81 bits per heavy atom. The van der Waals surface area contributed by atoms with E-state index in [-0.39, 0.29) is 17.7 Å². The van der Waals surface area contributed by atoms with Gasteiger partial charge in [-0.2, -0.15) is 0 Å². The van der Waals surface area contributed by atoms with Crippen LogP contribution in [0.4, 0.5) is 19.3 Å². The largest absolute Gasteiger partial charge is 0.323 e. The zero-order valence-electron chi connectivity index (χ0n) is 11.9. The number of hydrogen-bond donors (Lipinski definition) is 1. The molecule has 0 saturated heterocycles. The van der Waals surface area contributed by atoms with E-state index in [4.69, 9.17) is 0 Å². The maximum absolute atomic E-state index is 13.2. The third-order valence-corrected chi connectivity index (χ3v) is 3.09. The van der Waals surface area contributed by atoms with Gasteiger partial charge < -0.3 is 10.2 Å². The predicted octanol–water partition coefficient (Wildman–Crippen LogP) is 3.94. The fourth-order valence-electron chi connectivity index (χ4n) is 1.88. The smallest absolute Gasteiger partial charge is 0.321 e. The average Bonchev–Trinajstić information content (AvgIpc) is 2.45. The summed E-state index contributed by atoms with van der Waals surface area (Å²) in [6, 6.07) is 10.0. The summed E-state index contributed by atoms with van der Waals surface area (Å²) >= 11 is 0. The molecule has 0 saturated carbocycles. The second-order valence-corrected chi connectivity index (χ2v) is 4.88. The normalized spacial score (nSPS) is 10.3. The van der Waals surface area contributed by atoms with Gasteiger partial charge in [-0.05, 0) is 48.4 Å². The minimum absolute atomic E-state index is 0.312. The summed E-state index contributed by atoms with van der Waals surface area (Å²) in [5, 5.41) is 2.69. The van der Waals surface area contributed by atoms with Gasteiger partial charge in [-0.25, -0.2) is 13.6 Å². The number of nitrogens with zero attached hydrogens (tertiary/aromatic N) is 1. The van der Waals surface area contributed by atoms with Crippen molar-refractivity contribution in [1.82, 2.24) is 4.90 Å². The van der Waals surface area contributed by atoms with Gasteiger partial charge in [0.2, 0.25) is 0 Å². The molecule has 2 amide bonds. The van der Waals surface area contributed by atoms with Crippen LogP contribution in [0.2, 0.25) is 0 Å². The molecule has 110 valence electrons. The number of nitrogens with one attached hydrogen (secondary N) is 1. The van der Waals surface area contributed by atoms with E-state index in [9.17, 15) is 13.6 Å². The first kappa shape index (κ1) is 15.0. The van der Waals surface area contributed by atoms with E-state index in [2.05, 4.69) is 5.32 Å².